The predicted molar refractivity (Wildman–Crippen MR) is 80.9 cm³/mol. The highest BCUT2D eigenvalue weighted by molar-refractivity contribution is 5.40. The molecular weight excluding hydrogens is 269 g/mol. The molecule has 0 atom stereocenters. The van der Waals surface area contributed by atoms with Crippen LogP contribution in [0.25, 0.3) is 0 Å². The van der Waals surface area contributed by atoms with Crippen molar-refractivity contribution in [1.29, 1.82) is 0 Å². The summed E-state index contributed by atoms with van der Waals surface area (Å²) in [6.07, 6.45) is 0.943. The van der Waals surface area contributed by atoms with Crippen LogP contribution in [0.3, 0.4) is 0 Å². The lowest BCUT2D eigenvalue weighted by molar-refractivity contribution is 0.292. The minimum absolute atomic E-state index is 0.268. The van der Waals surface area contributed by atoms with Crippen LogP contribution in [0.4, 0.5) is 4.39 Å². The highest BCUT2D eigenvalue weighted by Gasteiger charge is 2.06. The zero-order valence-electron chi connectivity index (χ0n) is 12.1. The number of rotatable bonds is 7. The van der Waals surface area contributed by atoms with Crippen LogP contribution in [0.1, 0.15) is 24.5 Å². The van der Waals surface area contributed by atoms with E-state index >= 15 is 0 Å². The van der Waals surface area contributed by atoms with Gasteiger partial charge in [0.2, 0.25) is 0 Å². The molecule has 0 aromatic heterocycles. The second kappa shape index (κ2) is 7.64. The summed E-state index contributed by atoms with van der Waals surface area (Å²) in [5, 5.41) is 0. The molecule has 0 saturated carbocycles. The van der Waals surface area contributed by atoms with Gasteiger partial charge >= 0.3 is 0 Å². The number of hydrogen-bond donors (Lipinski definition) is 1. The number of halogens is 1. The maximum atomic E-state index is 13.1. The number of hydrogen-bond acceptors (Lipinski definition) is 3. The molecule has 0 amide bonds. The van der Waals surface area contributed by atoms with Crippen LogP contribution in [0.5, 0.6) is 11.5 Å². The second-order valence-corrected chi connectivity index (χ2v) is 4.74. The number of nitrogens with two attached hydrogens (primary N) is 1. The number of benzene rings is 2. The molecule has 21 heavy (non-hydrogen) atoms. The standard InChI is InChI=1S/C17H20FNO2/c1-2-8-20-16-7-6-14(11-19)17(10-16)21-12-13-4-3-5-15(18)9-13/h3-7,9-10H,2,8,11-12,19H2,1H3. The van der Waals surface area contributed by atoms with Gasteiger partial charge in [-0.25, -0.2) is 4.39 Å². The summed E-state index contributed by atoms with van der Waals surface area (Å²) in [5.41, 5.74) is 7.39. The Morgan fingerprint density at radius 3 is 2.67 bits per heavy atom. The Hall–Kier alpha value is -2.07. The zero-order valence-corrected chi connectivity index (χ0v) is 12.1. The molecule has 2 aromatic rings. The van der Waals surface area contributed by atoms with Crippen molar-refractivity contribution in [3.8, 4) is 11.5 Å². The van der Waals surface area contributed by atoms with Crippen molar-refractivity contribution in [2.75, 3.05) is 6.61 Å². The van der Waals surface area contributed by atoms with Crippen molar-refractivity contribution in [3.63, 3.8) is 0 Å². The third-order valence-corrected chi connectivity index (χ3v) is 3.01. The molecule has 0 unspecified atom stereocenters. The van der Waals surface area contributed by atoms with Gasteiger partial charge in [-0.3, -0.25) is 0 Å². The van der Waals surface area contributed by atoms with Gasteiger partial charge in [0, 0.05) is 18.2 Å². The molecule has 4 heteroatoms. The largest absolute Gasteiger partial charge is 0.493 e. The Morgan fingerprint density at radius 2 is 1.95 bits per heavy atom. The molecule has 0 aliphatic heterocycles. The van der Waals surface area contributed by atoms with Crippen LogP contribution in [-0.4, -0.2) is 6.61 Å². The first-order valence-electron chi connectivity index (χ1n) is 7.06. The molecule has 0 saturated heterocycles. The lowest BCUT2D eigenvalue weighted by Gasteiger charge is -2.13. The van der Waals surface area contributed by atoms with Gasteiger partial charge in [-0.2, -0.15) is 0 Å². The van der Waals surface area contributed by atoms with E-state index in [0.717, 1.165) is 23.3 Å². The summed E-state index contributed by atoms with van der Waals surface area (Å²) < 4.78 is 24.5. The fourth-order valence-electron chi connectivity index (χ4n) is 1.94. The van der Waals surface area contributed by atoms with E-state index < -0.39 is 0 Å². The van der Waals surface area contributed by atoms with Gasteiger partial charge in [-0.1, -0.05) is 25.1 Å². The van der Waals surface area contributed by atoms with E-state index in [-0.39, 0.29) is 5.82 Å². The molecular formula is C17H20FNO2. The van der Waals surface area contributed by atoms with E-state index in [4.69, 9.17) is 15.2 Å². The van der Waals surface area contributed by atoms with Crippen molar-refractivity contribution < 1.29 is 13.9 Å². The third-order valence-electron chi connectivity index (χ3n) is 3.01. The van der Waals surface area contributed by atoms with Crippen LogP contribution in [0.15, 0.2) is 42.5 Å². The fraction of sp³-hybridized carbons (Fsp3) is 0.294. The molecule has 0 bridgehead atoms. The molecule has 0 aliphatic carbocycles. The molecule has 0 radical (unpaired) electrons. The van der Waals surface area contributed by atoms with E-state index in [9.17, 15) is 4.39 Å². The lowest BCUT2D eigenvalue weighted by atomic mass is 10.2. The Morgan fingerprint density at radius 1 is 1.10 bits per heavy atom. The van der Waals surface area contributed by atoms with Crippen LogP contribution < -0.4 is 15.2 Å². The highest BCUT2D eigenvalue weighted by Crippen LogP contribution is 2.25. The van der Waals surface area contributed by atoms with Crippen molar-refractivity contribution >= 4 is 0 Å². The molecule has 2 N–H and O–H groups in total. The molecule has 0 fully saturated rings. The molecule has 3 nitrogen and oxygen atoms in total. The Bertz CT molecular complexity index is 587. The summed E-state index contributed by atoms with van der Waals surface area (Å²) in [7, 11) is 0. The average molecular weight is 289 g/mol. The Labute approximate surface area is 124 Å². The first-order valence-corrected chi connectivity index (χ1v) is 7.06. The summed E-state index contributed by atoms with van der Waals surface area (Å²) in [4.78, 5) is 0. The van der Waals surface area contributed by atoms with Gasteiger partial charge in [-0.05, 0) is 30.2 Å². The minimum Gasteiger partial charge on any atom is -0.493 e. The first kappa shape index (κ1) is 15.3. The third kappa shape index (κ3) is 4.46. The van der Waals surface area contributed by atoms with E-state index in [0.29, 0.717) is 25.5 Å². The van der Waals surface area contributed by atoms with Gasteiger partial charge in [-0.15, -0.1) is 0 Å². The summed E-state index contributed by atoms with van der Waals surface area (Å²) in [5.74, 6) is 1.16. The topological polar surface area (TPSA) is 44.5 Å². The van der Waals surface area contributed by atoms with Crippen molar-refractivity contribution in [3.05, 3.63) is 59.4 Å². The van der Waals surface area contributed by atoms with Crippen molar-refractivity contribution in [2.45, 2.75) is 26.5 Å². The van der Waals surface area contributed by atoms with Crippen LogP contribution in [0.2, 0.25) is 0 Å². The zero-order chi connectivity index (χ0) is 15.1. The monoisotopic (exact) mass is 289 g/mol. The lowest BCUT2D eigenvalue weighted by Crippen LogP contribution is -2.04. The van der Waals surface area contributed by atoms with Gasteiger partial charge in [0.05, 0.1) is 6.61 Å². The van der Waals surface area contributed by atoms with Gasteiger partial charge in [0.15, 0.2) is 0 Å². The van der Waals surface area contributed by atoms with Gasteiger partial charge in [0.25, 0.3) is 0 Å². The highest BCUT2D eigenvalue weighted by atomic mass is 19.1. The van der Waals surface area contributed by atoms with E-state index in [2.05, 4.69) is 6.92 Å². The molecule has 0 heterocycles. The van der Waals surface area contributed by atoms with E-state index in [1.807, 2.05) is 24.3 Å². The Kier molecular flexibility index (Phi) is 5.58. The smallest absolute Gasteiger partial charge is 0.127 e. The van der Waals surface area contributed by atoms with Crippen LogP contribution in [0, 0.1) is 5.82 Å². The molecule has 0 spiro atoms. The number of ether oxygens (including phenoxy) is 2. The fourth-order valence-corrected chi connectivity index (χ4v) is 1.94. The summed E-state index contributed by atoms with van der Waals surface area (Å²) in [6, 6.07) is 12.0. The predicted octanol–water partition coefficient (Wildman–Crippen LogP) is 3.65. The van der Waals surface area contributed by atoms with E-state index in [1.165, 1.54) is 12.1 Å². The maximum Gasteiger partial charge on any atom is 0.127 e. The summed E-state index contributed by atoms with van der Waals surface area (Å²) in [6.45, 7) is 3.38. The van der Waals surface area contributed by atoms with Crippen LogP contribution in [-0.2, 0) is 13.2 Å². The quantitative estimate of drug-likeness (QED) is 0.846. The maximum absolute atomic E-state index is 13.1. The molecule has 112 valence electrons. The average Bonchev–Trinajstić information content (AvgIpc) is 2.51. The molecule has 0 aliphatic rings. The van der Waals surface area contributed by atoms with Crippen LogP contribution >= 0.6 is 0 Å². The van der Waals surface area contributed by atoms with Crippen molar-refractivity contribution in [2.24, 2.45) is 5.73 Å². The minimum atomic E-state index is -0.268. The molecule has 2 aromatic carbocycles. The summed E-state index contributed by atoms with van der Waals surface area (Å²) >= 11 is 0. The van der Waals surface area contributed by atoms with Crippen molar-refractivity contribution in [1.82, 2.24) is 0 Å². The normalized spacial score (nSPS) is 10.4. The molecule has 2 rings (SSSR count). The van der Waals surface area contributed by atoms with E-state index in [1.54, 1.807) is 6.07 Å². The second-order valence-electron chi connectivity index (χ2n) is 4.74. The first-order chi connectivity index (χ1) is 10.2. The SMILES string of the molecule is CCCOc1ccc(CN)c(OCc2cccc(F)c2)c1. The van der Waals surface area contributed by atoms with Gasteiger partial charge in [0.1, 0.15) is 23.9 Å². The Balaban J connectivity index is 2.09. The van der Waals surface area contributed by atoms with Gasteiger partial charge < -0.3 is 15.2 Å².